The van der Waals surface area contributed by atoms with Gasteiger partial charge in [0.2, 0.25) is 0 Å². The lowest BCUT2D eigenvalue weighted by Crippen LogP contribution is -2.31. The number of carbonyl (C=O) groups excluding carboxylic acids is 1. The fourth-order valence-electron chi connectivity index (χ4n) is 2.74. The number of benzene rings is 1. The molecule has 1 amide bonds. The number of rotatable bonds is 3. The van der Waals surface area contributed by atoms with E-state index in [2.05, 4.69) is 20.9 Å². The minimum absolute atomic E-state index is 0.0493. The van der Waals surface area contributed by atoms with Gasteiger partial charge in [0.25, 0.3) is 0 Å². The smallest absolute Gasteiger partial charge is 0.410 e. The van der Waals surface area contributed by atoms with Crippen molar-refractivity contribution >= 4 is 22.0 Å². The van der Waals surface area contributed by atoms with E-state index in [-0.39, 0.29) is 12.1 Å². The standard InChI is InChI=1S/C17H17BrN2O2/c18-15-9-14(10-19-11-15)16-7-4-8-20(16)17(21)22-12-13-5-2-1-3-6-13/h1-3,5-6,9-11,16H,4,7-8,12H2. The van der Waals surface area contributed by atoms with Gasteiger partial charge in [0.1, 0.15) is 6.61 Å². The van der Waals surface area contributed by atoms with Crippen molar-refractivity contribution in [3.05, 3.63) is 64.4 Å². The molecule has 1 saturated heterocycles. The van der Waals surface area contributed by atoms with Gasteiger partial charge in [0, 0.05) is 23.4 Å². The third-order valence-corrected chi connectivity index (χ3v) is 4.24. The van der Waals surface area contributed by atoms with Gasteiger partial charge in [-0.05, 0) is 46.0 Å². The molecule has 114 valence electrons. The van der Waals surface area contributed by atoms with E-state index < -0.39 is 0 Å². The van der Waals surface area contributed by atoms with E-state index in [0.717, 1.165) is 35.0 Å². The summed E-state index contributed by atoms with van der Waals surface area (Å²) in [5, 5.41) is 0. The van der Waals surface area contributed by atoms with Gasteiger partial charge in [-0.15, -0.1) is 0 Å². The van der Waals surface area contributed by atoms with Crippen LogP contribution in [0.3, 0.4) is 0 Å². The number of aromatic nitrogens is 1. The highest BCUT2D eigenvalue weighted by atomic mass is 79.9. The molecule has 0 saturated carbocycles. The first-order chi connectivity index (χ1) is 10.7. The summed E-state index contributed by atoms with van der Waals surface area (Å²) in [6.07, 6.45) is 5.23. The number of likely N-dealkylation sites (tertiary alicyclic amines) is 1. The number of hydrogen-bond acceptors (Lipinski definition) is 3. The molecule has 1 fully saturated rings. The zero-order chi connectivity index (χ0) is 15.4. The van der Waals surface area contributed by atoms with Gasteiger partial charge in [-0.25, -0.2) is 4.79 Å². The van der Waals surface area contributed by atoms with Crippen molar-refractivity contribution in [1.82, 2.24) is 9.88 Å². The molecule has 4 nitrogen and oxygen atoms in total. The maximum atomic E-state index is 12.4. The SMILES string of the molecule is O=C(OCc1ccccc1)N1CCCC1c1cncc(Br)c1. The van der Waals surface area contributed by atoms with Crippen molar-refractivity contribution in [2.24, 2.45) is 0 Å². The molecule has 1 aliphatic rings. The second kappa shape index (κ2) is 6.92. The van der Waals surface area contributed by atoms with Crippen LogP contribution >= 0.6 is 15.9 Å². The monoisotopic (exact) mass is 360 g/mol. The van der Waals surface area contributed by atoms with Crippen LogP contribution in [0.2, 0.25) is 0 Å². The molecule has 0 bridgehead atoms. The Bertz CT molecular complexity index is 648. The molecule has 22 heavy (non-hydrogen) atoms. The second-order valence-corrected chi connectivity index (χ2v) is 6.24. The van der Waals surface area contributed by atoms with E-state index in [1.807, 2.05) is 42.6 Å². The molecule has 1 aromatic carbocycles. The van der Waals surface area contributed by atoms with E-state index in [0.29, 0.717) is 6.61 Å². The Hall–Kier alpha value is -1.88. The molecule has 1 aromatic heterocycles. The minimum atomic E-state index is -0.258. The van der Waals surface area contributed by atoms with Gasteiger partial charge in [0.15, 0.2) is 0 Å². The van der Waals surface area contributed by atoms with Crippen molar-refractivity contribution < 1.29 is 9.53 Å². The first-order valence-electron chi connectivity index (χ1n) is 7.32. The molecule has 1 aliphatic heterocycles. The molecule has 5 heteroatoms. The van der Waals surface area contributed by atoms with Crippen LogP contribution in [-0.4, -0.2) is 22.5 Å². The van der Waals surface area contributed by atoms with Crippen LogP contribution in [0.1, 0.15) is 30.0 Å². The normalized spacial score (nSPS) is 17.5. The molecule has 0 spiro atoms. The van der Waals surface area contributed by atoms with Gasteiger partial charge in [0.05, 0.1) is 6.04 Å². The summed E-state index contributed by atoms with van der Waals surface area (Å²) in [5.74, 6) is 0. The Morgan fingerprint density at radius 2 is 2.14 bits per heavy atom. The van der Waals surface area contributed by atoms with Crippen molar-refractivity contribution in [2.75, 3.05) is 6.54 Å². The summed E-state index contributed by atoms with van der Waals surface area (Å²) in [6, 6.07) is 11.8. The van der Waals surface area contributed by atoms with Gasteiger partial charge in [-0.1, -0.05) is 30.3 Å². The van der Waals surface area contributed by atoms with E-state index >= 15 is 0 Å². The lowest BCUT2D eigenvalue weighted by Gasteiger charge is -2.24. The number of carbonyl (C=O) groups is 1. The van der Waals surface area contributed by atoms with E-state index in [4.69, 9.17) is 4.74 Å². The van der Waals surface area contributed by atoms with Gasteiger partial charge in [-0.3, -0.25) is 4.98 Å². The largest absolute Gasteiger partial charge is 0.445 e. The molecule has 1 atom stereocenters. The summed E-state index contributed by atoms with van der Waals surface area (Å²) in [6.45, 7) is 1.03. The van der Waals surface area contributed by atoms with E-state index in [1.54, 1.807) is 11.1 Å². The quantitative estimate of drug-likeness (QED) is 0.818. The molecule has 2 heterocycles. The van der Waals surface area contributed by atoms with Crippen LogP contribution in [0.15, 0.2) is 53.3 Å². The predicted octanol–water partition coefficient (Wildman–Crippen LogP) is 4.32. The zero-order valence-electron chi connectivity index (χ0n) is 12.1. The Balaban J connectivity index is 1.66. The van der Waals surface area contributed by atoms with Gasteiger partial charge >= 0.3 is 6.09 Å². The van der Waals surface area contributed by atoms with Crippen molar-refractivity contribution in [3.8, 4) is 0 Å². The Kier molecular flexibility index (Phi) is 4.73. The lowest BCUT2D eigenvalue weighted by atomic mass is 10.1. The summed E-state index contributed by atoms with van der Waals surface area (Å²) in [4.78, 5) is 18.3. The Labute approximate surface area is 138 Å². The first-order valence-corrected chi connectivity index (χ1v) is 8.11. The van der Waals surface area contributed by atoms with E-state index in [9.17, 15) is 4.79 Å². The Morgan fingerprint density at radius 3 is 2.91 bits per heavy atom. The fourth-order valence-corrected chi connectivity index (χ4v) is 3.13. The average Bonchev–Trinajstić information content (AvgIpc) is 3.03. The number of ether oxygens (including phenoxy) is 1. The summed E-state index contributed by atoms with van der Waals surface area (Å²) in [7, 11) is 0. The molecule has 0 aliphatic carbocycles. The molecule has 0 radical (unpaired) electrons. The van der Waals surface area contributed by atoms with Crippen molar-refractivity contribution in [3.63, 3.8) is 0 Å². The fraction of sp³-hybridized carbons (Fsp3) is 0.294. The van der Waals surface area contributed by atoms with Crippen LogP contribution < -0.4 is 0 Å². The lowest BCUT2D eigenvalue weighted by molar-refractivity contribution is 0.0920. The summed E-state index contributed by atoms with van der Waals surface area (Å²) < 4.78 is 6.37. The topological polar surface area (TPSA) is 42.4 Å². The Morgan fingerprint density at radius 1 is 1.32 bits per heavy atom. The highest BCUT2D eigenvalue weighted by molar-refractivity contribution is 9.10. The van der Waals surface area contributed by atoms with Crippen molar-refractivity contribution in [2.45, 2.75) is 25.5 Å². The molecule has 0 N–H and O–H groups in total. The third-order valence-electron chi connectivity index (χ3n) is 3.80. The predicted molar refractivity (Wildman–Crippen MR) is 87.2 cm³/mol. The number of nitrogens with zero attached hydrogens (tertiary/aromatic N) is 2. The van der Waals surface area contributed by atoms with Gasteiger partial charge in [-0.2, -0.15) is 0 Å². The zero-order valence-corrected chi connectivity index (χ0v) is 13.7. The van der Waals surface area contributed by atoms with E-state index in [1.165, 1.54) is 0 Å². The maximum absolute atomic E-state index is 12.4. The summed E-state index contributed by atoms with van der Waals surface area (Å²) in [5.41, 5.74) is 2.04. The van der Waals surface area contributed by atoms with Crippen LogP contribution in [0.5, 0.6) is 0 Å². The molecule has 2 aromatic rings. The number of hydrogen-bond donors (Lipinski definition) is 0. The molecule has 3 rings (SSSR count). The average molecular weight is 361 g/mol. The van der Waals surface area contributed by atoms with Gasteiger partial charge < -0.3 is 9.64 Å². The van der Waals surface area contributed by atoms with Crippen LogP contribution in [0.4, 0.5) is 4.79 Å². The van der Waals surface area contributed by atoms with Crippen molar-refractivity contribution in [1.29, 1.82) is 0 Å². The minimum Gasteiger partial charge on any atom is -0.445 e. The molecular weight excluding hydrogens is 344 g/mol. The number of halogens is 1. The highest BCUT2D eigenvalue weighted by Gasteiger charge is 2.31. The second-order valence-electron chi connectivity index (χ2n) is 5.33. The molecule has 1 unspecified atom stereocenters. The van der Waals surface area contributed by atoms with Crippen LogP contribution in [0, 0.1) is 0 Å². The number of pyridine rings is 1. The first kappa shape index (κ1) is 15.0. The van der Waals surface area contributed by atoms with Crippen LogP contribution in [0.25, 0.3) is 0 Å². The summed E-state index contributed by atoms with van der Waals surface area (Å²) >= 11 is 3.43. The number of amides is 1. The highest BCUT2D eigenvalue weighted by Crippen LogP contribution is 2.33. The maximum Gasteiger partial charge on any atom is 0.410 e. The third kappa shape index (κ3) is 3.47. The molecular formula is C17H17BrN2O2. The van der Waals surface area contributed by atoms with Crippen LogP contribution in [-0.2, 0) is 11.3 Å².